The van der Waals surface area contributed by atoms with Crippen LogP contribution in [0, 0.1) is 6.92 Å². The predicted octanol–water partition coefficient (Wildman–Crippen LogP) is 1.56. The molecule has 2 N–H and O–H groups in total. The number of carbonyl (C=O) groups is 1. The number of rotatable bonds is 3. The van der Waals surface area contributed by atoms with Gasteiger partial charge in [0.25, 0.3) is 5.91 Å². The third-order valence-electron chi connectivity index (χ3n) is 3.47. The van der Waals surface area contributed by atoms with E-state index in [4.69, 9.17) is 4.74 Å². The van der Waals surface area contributed by atoms with Crippen molar-refractivity contribution in [1.82, 2.24) is 9.97 Å². The minimum absolute atomic E-state index is 0.178. The largest absolute Gasteiger partial charge is 0.366 e. The van der Waals surface area contributed by atoms with Crippen molar-refractivity contribution in [3.8, 4) is 0 Å². The fraction of sp³-hybridized carbons (Fsp3) is 0.333. The van der Waals surface area contributed by atoms with E-state index in [2.05, 4.69) is 45.3 Å². The van der Waals surface area contributed by atoms with Gasteiger partial charge in [-0.2, -0.15) is 0 Å². The second kappa shape index (κ2) is 5.97. The first-order chi connectivity index (χ1) is 10.2. The van der Waals surface area contributed by atoms with Crippen LogP contribution in [0.2, 0.25) is 0 Å². The number of hydrogen-bond donors (Lipinski definition) is 2. The number of ether oxygens (including phenoxy) is 1. The summed E-state index contributed by atoms with van der Waals surface area (Å²) in [6, 6.07) is 8.26. The highest BCUT2D eigenvalue weighted by Crippen LogP contribution is 2.19. The lowest BCUT2D eigenvalue weighted by atomic mass is 10.1. The summed E-state index contributed by atoms with van der Waals surface area (Å²) in [5.41, 5.74) is 2.32. The molecule has 6 nitrogen and oxygen atoms in total. The van der Waals surface area contributed by atoms with Crippen LogP contribution in [0.1, 0.15) is 5.56 Å². The fourth-order valence-corrected chi connectivity index (χ4v) is 2.40. The number of nitrogens with one attached hydrogen (secondary N) is 2. The normalized spacial score (nSPS) is 18.5. The third-order valence-corrected chi connectivity index (χ3v) is 3.47. The van der Waals surface area contributed by atoms with Gasteiger partial charge >= 0.3 is 0 Å². The monoisotopic (exact) mass is 286 g/mol. The maximum absolute atomic E-state index is 12.2. The number of anilines is 2. The van der Waals surface area contributed by atoms with Gasteiger partial charge in [0, 0.05) is 24.6 Å². The number of morpholine rings is 1. The third kappa shape index (κ3) is 3.22. The van der Waals surface area contributed by atoms with Gasteiger partial charge in [-0.15, -0.1) is 0 Å². The molecule has 0 radical (unpaired) electrons. The van der Waals surface area contributed by atoms with Crippen molar-refractivity contribution in [3.63, 3.8) is 0 Å². The Labute approximate surface area is 123 Å². The summed E-state index contributed by atoms with van der Waals surface area (Å²) in [5.74, 6) is 0.263. The van der Waals surface area contributed by atoms with Crippen molar-refractivity contribution < 1.29 is 9.53 Å². The molecular weight excluding hydrogens is 268 g/mol. The second-order valence-electron chi connectivity index (χ2n) is 5.07. The number of hydrogen-bond acceptors (Lipinski definition) is 4. The summed E-state index contributed by atoms with van der Waals surface area (Å²) < 4.78 is 5.58. The summed E-state index contributed by atoms with van der Waals surface area (Å²) in [4.78, 5) is 21.2. The number of amides is 1. The molecular formula is C15H18N4O2. The number of nitrogens with zero attached hydrogens (tertiary/aromatic N) is 2. The maximum Gasteiger partial charge on any atom is 0.257 e. The van der Waals surface area contributed by atoms with E-state index < -0.39 is 6.10 Å². The van der Waals surface area contributed by atoms with E-state index in [9.17, 15) is 4.79 Å². The lowest BCUT2D eigenvalue weighted by Gasteiger charge is -2.33. The zero-order valence-corrected chi connectivity index (χ0v) is 11.9. The molecule has 6 heteroatoms. The number of aromatic amines is 1. The van der Waals surface area contributed by atoms with Crippen LogP contribution in [-0.2, 0) is 9.53 Å². The Morgan fingerprint density at radius 3 is 3.19 bits per heavy atom. The van der Waals surface area contributed by atoms with Crippen LogP contribution in [0.25, 0.3) is 0 Å². The van der Waals surface area contributed by atoms with E-state index >= 15 is 0 Å². The van der Waals surface area contributed by atoms with Crippen molar-refractivity contribution in [1.29, 1.82) is 0 Å². The molecule has 1 aliphatic rings. The van der Waals surface area contributed by atoms with Crippen molar-refractivity contribution in [2.45, 2.75) is 13.0 Å². The number of aromatic nitrogens is 2. The number of imidazole rings is 1. The predicted molar refractivity (Wildman–Crippen MR) is 80.3 cm³/mol. The van der Waals surface area contributed by atoms with Crippen LogP contribution in [0.3, 0.4) is 0 Å². The number of H-pyrrole nitrogens is 1. The molecule has 1 amide bonds. The van der Waals surface area contributed by atoms with Gasteiger partial charge in [-0.3, -0.25) is 10.1 Å². The van der Waals surface area contributed by atoms with Crippen LogP contribution in [0.15, 0.2) is 36.7 Å². The Morgan fingerprint density at radius 2 is 2.43 bits per heavy atom. The van der Waals surface area contributed by atoms with Crippen molar-refractivity contribution in [2.75, 3.05) is 29.9 Å². The van der Waals surface area contributed by atoms with Crippen LogP contribution in [-0.4, -0.2) is 41.7 Å². The molecule has 21 heavy (non-hydrogen) atoms. The number of benzene rings is 1. The van der Waals surface area contributed by atoms with Crippen LogP contribution < -0.4 is 10.2 Å². The van der Waals surface area contributed by atoms with Crippen molar-refractivity contribution in [2.24, 2.45) is 0 Å². The second-order valence-corrected chi connectivity index (χ2v) is 5.07. The molecule has 110 valence electrons. The van der Waals surface area contributed by atoms with Gasteiger partial charge in [-0.25, -0.2) is 4.98 Å². The van der Waals surface area contributed by atoms with Crippen molar-refractivity contribution >= 4 is 17.5 Å². The summed E-state index contributed by atoms with van der Waals surface area (Å²) in [6.45, 7) is 3.92. The van der Waals surface area contributed by atoms with Crippen LogP contribution in [0.5, 0.6) is 0 Å². The lowest BCUT2D eigenvalue weighted by molar-refractivity contribution is -0.128. The highest BCUT2D eigenvalue weighted by Gasteiger charge is 2.27. The molecule has 0 spiro atoms. The Hall–Kier alpha value is -2.34. The van der Waals surface area contributed by atoms with E-state index in [0.29, 0.717) is 19.1 Å². The van der Waals surface area contributed by atoms with Gasteiger partial charge < -0.3 is 14.6 Å². The van der Waals surface area contributed by atoms with E-state index in [0.717, 1.165) is 12.2 Å². The van der Waals surface area contributed by atoms with Crippen LogP contribution >= 0.6 is 0 Å². The standard InChI is InChI=1S/C15H18N4O2/c1-11-3-2-4-12(9-11)19-7-8-21-13(10-19)14(20)18-15-16-5-6-17-15/h2-6,9,13H,7-8,10H2,1H3,(H2,16,17,18,20). The molecule has 1 aliphatic heterocycles. The Bertz CT molecular complexity index is 612. The minimum Gasteiger partial charge on any atom is -0.366 e. The zero-order chi connectivity index (χ0) is 14.7. The highest BCUT2D eigenvalue weighted by atomic mass is 16.5. The fourth-order valence-electron chi connectivity index (χ4n) is 2.40. The smallest absolute Gasteiger partial charge is 0.257 e. The highest BCUT2D eigenvalue weighted by molar-refractivity contribution is 5.93. The molecule has 0 saturated carbocycles. The Kier molecular flexibility index (Phi) is 3.87. The van der Waals surface area contributed by atoms with E-state index in [1.54, 1.807) is 12.4 Å². The average Bonchev–Trinajstić information content (AvgIpc) is 3.00. The molecule has 1 aromatic heterocycles. The van der Waals surface area contributed by atoms with Crippen LogP contribution in [0.4, 0.5) is 11.6 Å². The van der Waals surface area contributed by atoms with Crippen molar-refractivity contribution in [3.05, 3.63) is 42.2 Å². The molecule has 1 fully saturated rings. The lowest BCUT2D eigenvalue weighted by Crippen LogP contribution is -2.48. The SMILES string of the molecule is Cc1cccc(N2CCOC(C(=O)Nc3ncc[nH]3)C2)c1. The van der Waals surface area contributed by atoms with Gasteiger partial charge in [0.2, 0.25) is 5.95 Å². The Morgan fingerprint density at radius 1 is 1.52 bits per heavy atom. The molecule has 3 rings (SSSR count). The molecule has 1 atom stereocenters. The number of carbonyl (C=O) groups excluding carboxylic acids is 1. The van der Waals surface area contributed by atoms with E-state index in [-0.39, 0.29) is 5.91 Å². The van der Waals surface area contributed by atoms with Gasteiger partial charge in [-0.1, -0.05) is 12.1 Å². The topological polar surface area (TPSA) is 70.2 Å². The molecule has 2 heterocycles. The maximum atomic E-state index is 12.2. The first-order valence-corrected chi connectivity index (χ1v) is 6.96. The summed E-state index contributed by atoms with van der Waals surface area (Å²) in [5, 5.41) is 2.72. The minimum atomic E-state index is -0.496. The average molecular weight is 286 g/mol. The van der Waals surface area contributed by atoms with Gasteiger partial charge in [0.15, 0.2) is 6.10 Å². The molecule has 0 bridgehead atoms. The first kappa shape index (κ1) is 13.6. The molecule has 1 saturated heterocycles. The molecule has 1 aromatic carbocycles. The summed E-state index contributed by atoms with van der Waals surface area (Å²) in [6.07, 6.45) is 2.76. The molecule has 2 aromatic rings. The first-order valence-electron chi connectivity index (χ1n) is 6.96. The van der Waals surface area contributed by atoms with Gasteiger partial charge in [0.1, 0.15) is 0 Å². The summed E-state index contributed by atoms with van der Waals surface area (Å²) in [7, 11) is 0. The quantitative estimate of drug-likeness (QED) is 0.898. The zero-order valence-electron chi connectivity index (χ0n) is 11.9. The number of aryl methyl sites for hydroxylation is 1. The van der Waals surface area contributed by atoms with E-state index in [1.807, 2.05) is 6.07 Å². The molecule has 1 unspecified atom stereocenters. The summed E-state index contributed by atoms with van der Waals surface area (Å²) >= 11 is 0. The van der Waals surface area contributed by atoms with E-state index in [1.165, 1.54) is 5.56 Å². The Balaban J connectivity index is 1.66. The van der Waals surface area contributed by atoms with Gasteiger partial charge in [-0.05, 0) is 24.6 Å². The van der Waals surface area contributed by atoms with Gasteiger partial charge in [0.05, 0.1) is 13.2 Å². The molecule has 0 aliphatic carbocycles.